The summed E-state index contributed by atoms with van der Waals surface area (Å²) >= 11 is 0. The predicted octanol–water partition coefficient (Wildman–Crippen LogP) is 4.95. The van der Waals surface area contributed by atoms with Crippen LogP contribution < -0.4 is 0 Å². The Hall–Kier alpha value is -0.543. The summed E-state index contributed by atoms with van der Waals surface area (Å²) in [7, 11) is -7.38. The zero-order valence-corrected chi connectivity index (χ0v) is 16.2. The molecular weight excluding hydrogens is 349 g/mol. The first-order chi connectivity index (χ1) is 10.1. The van der Waals surface area contributed by atoms with Gasteiger partial charge in [-0.1, -0.05) is 33.8 Å². The molecule has 0 aliphatic rings. The maximum absolute atomic E-state index is 12.1. The van der Waals surface area contributed by atoms with Gasteiger partial charge in [-0.2, -0.15) is 21.6 Å². The third-order valence-corrected chi connectivity index (χ3v) is 9.44. The van der Waals surface area contributed by atoms with E-state index in [1.165, 1.54) is 0 Å². The normalized spacial score (nSPS) is 13.9. The molecule has 0 aromatic rings. The molecule has 0 aliphatic carbocycles. The molecule has 0 aromatic heterocycles. The molecule has 0 fully saturated rings. The fourth-order valence-corrected chi connectivity index (χ4v) is 2.96. The highest BCUT2D eigenvalue weighted by Gasteiger charge is 2.48. The van der Waals surface area contributed by atoms with Crippen LogP contribution in [0.4, 0.5) is 13.2 Å². The van der Waals surface area contributed by atoms with E-state index in [9.17, 15) is 21.6 Å². The van der Waals surface area contributed by atoms with Gasteiger partial charge in [0.2, 0.25) is 0 Å². The summed E-state index contributed by atoms with van der Waals surface area (Å²) in [6.07, 6.45) is 2.01. The van der Waals surface area contributed by atoms with Crippen LogP contribution in [0.15, 0.2) is 12.3 Å². The second-order valence-corrected chi connectivity index (χ2v) is 13.3. The van der Waals surface area contributed by atoms with Crippen LogP contribution in [0, 0.1) is 0 Å². The second-order valence-electron chi connectivity index (χ2n) is 6.94. The van der Waals surface area contributed by atoms with E-state index < -0.39 is 29.7 Å². The number of hydrogen-bond donors (Lipinski definition) is 0. The van der Waals surface area contributed by atoms with Gasteiger partial charge in [-0.05, 0) is 31.0 Å². The van der Waals surface area contributed by atoms with Gasteiger partial charge in [-0.15, -0.1) is 0 Å². The molecule has 0 unspecified atom stereocenters. The summed E-state index contributed by atoms with van der Waals surface area (Å²) < 4.78 is 67.8. The molecule has 0 radical (unpaired) electrons. The van der Waals surface area contributed by atoms with Crippen molar-refractivity contribution >= 4 is 18.4 Å². The van der Waals surface area contributed by atoms with E-state index in [1.54, 1.807) is 0 Å². The van der Waals surface area contributed by atoms with E-state index in [0.29, 0.717) is 19.4 Å². The van der Waals surface area contributed by atoms with Crippen LogP contribution in [0.25, 0.3) is 0 Å². The first kappa shape index (κ1) is 22.5. The molecule has 0 aromatic carbocycles. The molecule has 0 saturated carbocycles. The Labute approximate surface area is 138 Å². The van der Waals surface area contributed by atoms with Gasteiger partial charge < -0.3 is 8.61 Å². The molecular formula is C14H27F3O4SSi. The minimum Gasteiger partial charge on any atom is -0.417 e. The van der Waals surface area contributed by atoms with Gasteiger partial charge in [-0.25, -0.2) is 0 Å². The molecule has 0 saturated heterocycles. The van der Waals surface area contributed by atoms with Crippen LogP contribution >= 0.6 is 0 Å². The van der Waals surface area contributed by atoms with E-state index in [4.69, 9.17) is 4.43 Å². The Morgan fingerprint density at radius 1 is 1.09 bits per heavy atom. The van der Waals surface area contributed by atoms with E-state index in [1.807, 2.05) is 0 Å². The first-order valence-electron chi connectivity index (χ1n) is 7.43. The maximum atomic E-state index is 12.1. The van der Waals surface area contributed by atoms with Gasteiger partial charge in [-0.3, -0.25) is 0 Å². The fourth-order valence-electron chi connectivity index (χ4n) is 1.39. The first-order valence-corrected chi connectivity index (χ1v) is 11.7. The molecule has 4 nitrogen and oxygen atoms in total. The van der Waals surface area contributed by atoms with E-state index in [2.05, 4.69) is 44.6 Å². The third-order valence-electron chi connectivity index (χ3n) is 3.88. The average Bonchev–Trinajstić information content (AvgIpc) is 2.29. The van der Waals surface area contributed by atoms with E-state index >= 15 is 0 Å². The van der Waals surface area contributed by atoms with Crippen LogP contribution in [0.5, 0.6) is 0 Å². The molecule has 0 N–H and O–H groups in total. The SMILES string of the molecule is C=C(CCCCCO[Si](C)(C)C(C)(C)C)OS(=O)(=O)C(F)(F)F. The quantitative estimate of drug-likeness (QED) is 0.188. The Kier molecular flexibility index (Phi) is 7.83. The molecule has 9 heteroatoms. The van der Waals surface area contributed by atoms with Crippen molar-refractivity contribution in [1.29, 1.82) is 0 Å². The predicted molar refractivity (Wildman–Crippen MR) is 86.8 cm³/mol. The van der Waals surface area contributed by atoms with Crippen LogP contribution in [0.3, 0.4) is 0 Å². The average molecular weight is 377 g/mol. The molecule has 0 aliphatic heterocycles. The third kappa shape index (κ3) is 7.71. The largest absolute Gasteiger partial charge is 0.534 e. The summed E-state index contributed by atoms with van der Waals surface area (Å²) in [5.41, 5.74) is -5.42. The lowest BCUT2D eigenvalue weighted by Gasteiger charge is -2.36. The monoisotopic (exact) mass is 376 g/mol. The van der Waals surface area contributed by atoms with E-state index in [0.717, 1.165) is 6.42 Å². The van der Waals surface area contributed by atoms with Gasteiger partial charge >= 0.3 is 15.6 Å². The molecule has 0 heterocycles. The van der Waals surface area contributed by atoms with Crippen LogP contribution in [-0.4, -0.2) is 28.9 Å². The van der Waals surface area contributed by atoms with Gasteiger partial charge in [0.25, 0.3) is 0 Å². The number of alkyl halides is 3. The van der Waals surface area contributed by atoms with E-state index in [-0.39, 0.29) is 11.5 Å². The molecule has 0 bridgehead atoms. The smallest absolute Gasteiger partial charge is 0.417 e. The van der Waals surface area contributed by atoms with Crippen molar-refractivity contribution in [1.82, 2.24) is 0 Å². The molecule has 23 heavy (non-hydrogen) atoms. The maximum Gasteiger partial charge on any atom is 0.534 e. The molecule has 0 amide bonds. The fraction of sp³-hybridized carbons (Fsp3) is 0.857. The Morgan fingerprint density at radius 3 is 2.04 bits per heavy atom. The molecule has 0 rings (SSSR count). The van der Waals surface area contributed by atoms with Crippen molar-refractivity contribution in [3.8, 4) is 0 Å². The molecule has 0 spiro atoms. The minimum atomic E-state index is -5.60. The Morgan fingerprint density at radius 2 is 1.61 bits per heavy atom. The van der Waals surface area contributed by atoms with Gasteiger partial charge in [0.05, 0.1) is 0 Å². The number of unbranched alkanes of at least 4 members (excludes halogenated alkanes) is 2. The Balaban J connectivity index is 4.01. The topological polar surface area (TPSA) is 52.6 Å². The van der Waals surface area contributed by atoms with Crippen molar-refractivity contribution in [2.24, 2.45) is 0 Å². The van der Waals surface area contributed by atoms with Crippen molar-refractivity contribution in [3.63, 3.8) is 0 Å². The molecule has 0 atom stereocenters. The second kappa shape index (κ2) is 8.02. The van der Waals surface area contributed by atoms with Gasteiger partial charge in [0, 0.05) is 13.0 Å². The van der Waals surface area contributed by atoms with Crippen molar-refractivity contribution in [3.05, 3.63) is 12.3 Å². The van der Waals surface area contributed by atoms with Gasteiger partial charge in [0.15, 0.2) is 8.32 Å². The number of halogens is 3. The highest BCUT2D eigenvalue weighted by Crippen LogP contribution is 2.36. The summed E-state index contributed by atoms with van der Waals surface area (Å²) in [6.45, 7) is 14.5. The highest BCUT2D eigenvalue weighted by molar-refractivity contribution is 7.87. The summed E-state index contributed by atoms with van der Waals surface area (Å²) in [5, 5.41) is 0.126. The van der Waals surface area contributed by atoms with Crippen LogP contribution in [-0.2, 0) is 18.7 Å². The minimum absolute atomic E-state index is 0.0649. The van der Waals surface area contributed by atoms with Crippen LogP contribution in [0.2, 0.25) is 18.1 Å². The van der Waals surface area contributed by atoms with Crippen LogP contribution in [0.1, 0.15) is 46.5 Å². The van der Waals surface area contributed by atoms with Crippen molar-refractivity contribution in [2.75, 3.05) is 6.61 Å². The lowest BCUT2D eigenvalue weighted by atomic mass is 10.2. The van der Waals surface area contributed by atoms with Crippen molar-refractivity contribution in [2.45, 2.75) is 70.1 Å². The van der Waals surface area contributed by atoms with Crippen molar-refractivity contribution < 1.29 is 30.2 Å². The summed E-state index contributed by atoms with van der Waals surface area (Å²) in [6, 6.07) is 0. The highest BCUT2D eigenvalue weighted by atomic mass is 32.2. The number of allylic oxidation sites excluding steroid dienone is 1. The Bertz CT molecular complexity index is 493. The zero-order valence-electron chi connectivity index (χ0n) is 14.4. The summed E-state index contributed by atoms with van der Waals surface area (Å²) in [5.74, 6) is -0.396. The lowest BCUT2D eigenvalue weighted by molar-refractivity contribution is -0.0523. The lowest BCUT2D eigenvalue weighted by Crippen LogP contribution is -2.40. The number of rotatable bonds is 9. The van der Waals surface area contributed by atoms with Gasteiger partial charge in [0.1, 0.15) is 5.76 Å². The standard InChI is InChI=1S/C14H27F3O4SSi/c1-12(21-22(18,19)14(15,16)17)10-8-7-9-11-20-23(5,6)13(2,3)4/h1,7-11H2,2-6H3. The zero-order chi connectivity index (χ0) is 18.5. The summed E-state index contributed by atoms with van der Waals surface area (Å²) in [4.78, 5) is 0. The molecule has 138 valence electrons. The number of hydrogen-bond acceptors (Lipinski definition) is 4.